The van der Waals surface area contributed by atoms with E-state index in [9.17, 15) is 9.90 Å². The number of piperidine rings is 1. The molecule has 6 rings (SSSR count). The molecule has 3 heterocycles. The topological polar surface area (TPSA) is 77.1 Å². The third-order valence-electron chi connectivity index (χ3n) is 9.55. The number of hydrogen-bond donors (Lipinski definition) is 3. The number of ether oxygens (including phenoxy) is 1. The van der Waals surface area contributed by atoms with Gasteiger partial charge in [-0.2, -0.15) is 0 Å². The second-order valence-corrected chi connectivity index (χ2v) is 11.7. The van der Waals surface area contributed by atoms with E-state index in [4.69, 9.17) is 4.74 Å². The lowest BCUT2D eigenvalue weighted by molar-refractivity contribution is 0.0446. The van der Waals surface area contributed by atoms with Crippen LogP contribution in [-0.4, -0.2) is 59.0 Å². The average molecular weight is 504 g/mol. The number of carbonyl (C=O) groups excluding carboxylic acids is 1. The fourth-order valence-corrected chi connectivity index (χ4v) is 7.41. The zero-order valence-electron chi connectivity index (χ0n) is 21.9. The van der Waals surface area contributed by atoms with E-state index in [-0.39, 0.29) is 12.1 Å². The summed E-state index contributed by atoms with van der Waals surface area (Å²) in [6.45, 7) is 3.09. The summed E-state index contributed by atoms with van der Waals surface area (Å²) in [4.78, 5) is 15.8. The Morgan fingerprint density at radius 1 is 0.946 bits per heavy atom. The van der Waals surface area contributed by atoms with Gasteiger partial charge in [0.1, 0.15) is 17.8 Å². The number of epoxide rings is 1. The number of morpholine rings is 1. The molecule has 1 saturated carbocycles. The maximum Gasteiger partial charge on any atom is 0.315 e. The standard InChI is InChI=1S/C31H41N3O3/c1-21(31(36,23-9-4-2-5-10-23)24-11-6-3-7-12-24)32-30(35)33-25-17-15-22(16-18-25)19-20-34-26-13-8-14-27(34)29-28(26)37-29/h2-7,9-12,21-22,25-29,36H,8,13-20H2,1H3,(H2,32,33,35)/t21-,22?,25?,26-,27+,28+,29-/m0/s1. The normalized spacial score (nSPS) is 31.8. The molecule has 198 valence electrons. The summed E-state index contributed by atoms with van der Waals surface area (Å²) < 4.78 is 5.89. The first-order chi connectivity index (χ1) is 18.0. The van der Waals surface area contributed by atoms with Gasteiger partial charge in [0.2, 0.25) is 0 Å². The van der Waals surface area contributed by atoms with Crippen molar-refractivity contribution in [2.45, 2.75) is 100 Å². The molecule has 0 spiro atoms. The molecule has 6 heteroatoms. The van der Waals surface area contributed by atoms with Gasteiger partial charge in [0, 0.05) is 18.1 Å². The van der Waals surface area contributed by atoms with Gasteiger partial charge < -0.3 is 20.5 Å². The Kier molecular flexibility index (Phi) is 6.99. The SMILES string of the molecule is C[C@H](NC(=O)NC1CCC(CCN2[C@@H]3CCC[C@H]2[C@H]2O[C@H]23)CC1)C(O)(c1ccccc1)c1ccccc1. The predicted molar refractivity (Wildman–Crippen MR) is 144 cm³/mol. The Balaban J connectivity index is 0.997. The summed E-state index contributed by atoms with van der Waals surface area (Å²) in [5.41, 5.74) is 0.206. The van der Waals surface area contributed by atoms with Crippen molar-refractivity contribution < 1.29 is 14.6 Å². The monoisotopic (exact) mass is 503 g/mol. The van der Waals surface area contributed by atoms with E-state index in [0.29, 0.717) is 24.3 Å². The molecular formula is C31H41N3O3. The molecule has 0 radical (unpaired) electrons. The van der Waals surface area contributed by atoms with Crippen LogP contribution in [0.2, 0.25) is 0 Å². The zero-order valence-corrected chi connectivity index (χ0v) is 21.9. The van der Waals surface area contributed by atoms with Crippen LogP contribution in [0.4, 0.5) is 4.79 Å². The van der Waals surface area contributed by atoms with Crippen molar-refractivity contribution in [2.24, 2.45) is 5.92 Å². The molecule has 5 atom stereocenters. The molecule has 2 bridgehead atoms. The summed E-state index contributed by atoms with van der Waals surface area (Å²) in [5.74, 6) is 0.750. The predicted octanol–water partition coefficient (Wildman–Crippen LogP) is 4.56. The lowest BCUT2D eigenvalue weighted by Crippen LogP contribution is -2.54. The molecule has 2 aromatic rings. The van der Waals surface area contributed by atoms with Crippen molar-refractivity contribution >= 4 is 6.03 Å². The van der Waals surface area contributed by atoms with Crippen molar-refractivity contribution in [1.29, 1.82) is 0 Å². The number of nitrogens with one attached hydrogen (secondary N) is 2. The van der Waals surface area contributed by atoms with E-state index in [1.165, 1.54) is 45.1 Å². The molecule has 2 amide bonds. The number of nitrogens with zero attached hydrogens (tertiary/aromatic N) is 1. The van der Waals surface area contributed by atoms with Gasteiger partial charge in [-0.1, -0.05) is 67.1 Å². The summed E-state index contributed by atoms with van der Waals surface area (Å²) in [7, 11) is 0. The van der Waals surface area contributed by atoms with Gasteiger partial charge in [-0.25, -0.2) is 4.79 Å². The van der Waals surface area contributed by atoms with Gasteiger partial charge in [-0.3, -0.25) is 4.90 Å². The van der Waals surface area contributed by atoms with Crippen molar-refractivity contribution in [3.63, 3.8) is 0 Å². The minimum atomic E-state index is -1.32. The molecule has 3 N–H and O–H groups in total. The minimum Gasteiger partial charge on any atom is -0.378 e. The average Bonchev–Trinajstić information content (AvgIpc) is 3.70. The van der Waals surface area contributed by atoms with E-state index in [1.54, 1.807) is 0 Å². The molecular weight excluding hydrogens is 462 g/mol. The van der Waals surface area contributed by atoms with E-state index in [2.05, 4.69) is 15.5 Å². The van der Waals surface area contributed by atoms with E-state index >= 15 is 0 Å². The Hall–Kier alpha value is -2.41. The molecule has 2 aromatic carbocycles. The Bertz CT molecular complexity index is 1000. The first-order valence-electron chi connectivity index (χ1n) is 14.4. The van der Waals surface area contributed by atoms with Crippen LogP contribution >= 0.6 is 0 Å². The molecule has 0 unspecified atom stereocenters. The van der Waals surface area contributed by atoms with E-state index in [0.717, 1.165) is 29.9 Å². The second kappa shape index (κ2) is 10.4. The van der Waals surface area contributed by atoms with Gasteiger partial charge >= 0.3 is 6.03 Å². The molecule has 3 aliphatic heterocycles. The number of hydrogen-bond acceptors (Lipinski definition) is 4. The highest BCUT2D eigenvalue weighted by molar-refractivity contribution is 5.75. The van der Waals surface area contributed by atoms with E-state index in [1.807, 2.05) is 67.6 Å². The molecule has 3 saturated heterocycles. The van der Waals surface area contributed by atoms with Crippen molar-refractivity contribution in [3.8, 4) is 0 Å². The third kappa shape index (κ3) is 4.91. The van der Waals surface area contributed by atoms with Crippen molar-refractivity contribution in [2.75, 3.05) is 6.54 Å². The lowest BCUT2D eigenvalue weighted by atomic mass is 9.81. The maximum atomic E-state index is 13.0. The zero-order chi connectivity index (χ0) is 25.4. The highest BCUT2D eigenvalue weighted by Crippen LogP contribution is 2.48. The third-order valence-corrected chi connectivity index (χ3v) is 9.55. The number of carbonyl (C=O) groups is 1. The summed E-state index contributed by atoms with van der Waals surface area (Å²) >= 11 is 0. The first kappa shape index (κ1) is 24.9. The summed E-state index contributed by atoms with van der Waals surface area (Å²) in [5, 5.41) is 18.1. The molecule has 6 nitrogen and oxygen atoms in total. The maximum absolute atomic E-state index is 13.0. The molecule has 1 aliphatic carbocycles. The van der Waals surface area contributed by atoms with Crippen LogP contribution in [0, 0.1) is 5.92 Å². The molecule has 0 aromatic heterocycles. The summed E-state index contributed by atoms with van der Waals surface area (Å²) in [6.07, 6.45) is 10.7. The van der Waals surface area contributed by atoms with Crippen LogP contribution in [0.3, 0.4) is 0 Å². The number of fused-ring (bicyclic) bond motifs is 5. The highest BCUT2D eigenvalue weighted by Gasteiger charge is 2.61. The quantitative estimate of drug-likeness (QED) is 0.462. The van der Waals surface area contributed by atoms with Gasteiger partial charge in [0.05, 0.1) is 6.04 Å². The fourth-order valence-electron chi connectivity index (χ4n) is 7.41. The molecule has 37 heavy (non-hydrogen) atoms. The Labute approximate surface area is 220 Å². The minimum absolute atomic E-state index is 0.192. The van der Waals surface area contributed by atoms with Crippen LogP contribution < -0.4 is 10.6 Å². The van der Waals surface area contributed by atoms with Crippen LogP contribution in [-0.2, 0) is 10.3 Å². The largest absolute Gasteiger partial charge is 0.378 e. The number of aliphatic hydroxyl groups is 1. The van der Waals surface area contributed by atoms with Gasteiger partial charge in [-0.05, 0) is 75.5 Å². The molecule has 4 aliphatic rings. The van der Waals surface area contributed by atoms with Crippen LogP contribution in [0.5, 0.6) is 0 Å². The number of benzene rings is 2. The smallest absolute Gasteiger partial charge is 0.315 e. The van der Waals surface area contributed by atoms with E-state index < -0.39 is 11.6 Å². The number of amides is 2. The van der Waals surface area contributed by atoms with Gasteiger partial charge in [-0.15, -0.1) is 0 Å². The number of urea groups is 1. The van der Waals surface area contributed by atoms with Crippen LogP contribution in [0.15, 0.2) is 60.7 Å². The summed E-state index contributed by atoms with van der Waals surface area (Å²) in [6, 6.07) is 20.0. The highest BCUT2D eigenvalue weighted by atomic mass is 16.6. The van der Waals surface area contributed by atoms with Gasteiger partial charge in [0.15, 0.2) is 0 Å². The second-order valence-electron chi connectivity index (χ2n) is 11.7. The fraction of sp³-hybridized carbons (Fsp3) is 0.581. The number of rotatable bonds is 8. The van der Waals surface area contributed by atoms with Crippen molar-refractivity contribution in [1.82, 2.24) is 15.5 Å². The Morgan fingerprint density at radius 2 is 1.51 bits per heavy atom. The molecule has 4 fully saturated rings. The van der Waals surface area contributed by atoms with Crippen LogP contribution in [0.1, 0.15) is 69.4 Å². The van der Waals surface area contributed by atoms with Crippen molar-refractivity contribution in [3.05, 3.63) is 71.8 Å². The van der Waals surface area contributed by atoms with Crippen LogP contribution in [0.25, 0.3) is 0 Å². The lowest BCUT2D eigenvalue weighted by Gasteiger charge is -2.38. The van der Waals surface area contributed by atoms with Gasteiger partial charge in [0.25, 0.3) is 0 Å². The Morgan fingerprint density at radius 3 is 2.08 bits per heavy atom. The first-order valence-corrected chi connectivity index (χ1v) is 14.4.